The van der Waals surface area contributed by atoms with E-state index in [4.69, 9.17) is 9.68 Å². The molecule has 0 saturated heterocycles. The highest BCUT2D eigenvalue weighted by atomic mass is 16.3. The average molecular weight is 239 g/mol. The van der Waals surface area contributed by atoms with Crippen molar-refractivity contribution in [2.45, 2.75) is 25.4 Å². The van der Waals surface area contributed by atoms with Crippen LogP contribution in [0.1, 0.15) is 24.3 Å². The summed E-state index contributed by atoms with van der Waals surface area (Å²) >= 11 is 0. The lowest BCUT2D eigenvalue weighted by atomic mass is 10.3. The molecule has 90 valence electrons. The fourth-order valence-electron chi connectivity index (χ4n) is 2.01. The fourth-order valence-corrected chi connectivity index (χ4v) is 2.01. The molecule has 0 N–H and O–H groups in total. The maximum atomic E-state index is 8.75. The molecular weight excluding hydrogens is 226 g/mol. The van der Waals surface area contributed by atoms with E-state index in [2.05, 4.69) is 9.88 Å². The van der Waals surface area contributed by atoms with Crippen LogP contribution >= 0.6 is 0 Å². The van der Waals surface area contributed by atoms with E-state index in [1.807, 2.05) is 24.3 Å². The lowest BCUT2D eigenvalue weighted by Gasteiger charge is -2.23. The number of hydrogen-bond donors (Lipinski definition) is 0. The van der Waals surface area contributed by atoms with Gasteiger partial charge in [0.25, 0.3) is 0 Å². The molecule has 0 unspecified atom stereocenters. The van der Waals surface area contributed by atoms with E-state index in [1.165, 1.54) is 12.8 Å². The Morgan fingerprint density at radius 1 is 1.39 bits per heavy atom. The first kappa shape index (κ1) is 10.8. The zero-order valence-corrected chi connectivity index (χ0v) is 9.91. The molecule has 0 radical (unpaired) electrons. The van der Waals surface area contributed by atoms with Crippen LogP contribution in [0.15, 0.2) is 41.1 Å². The van der Waals surface area contributed by atoms with Gasteiger partial charge in [-0.25, -0.2) is 4.98 Å². The summed E-state index contributed by atoms with van der Waals surface area (Å²) in [4.78, 5) is 6.41. The smallest absolute Gasteiger partial charge is 0.140 e. The van der Waals surface area contributed by atoms with Crippen LogP contribution in [0.25, 0.3) is 0 Å². The fraction of sp³-hybridized carbons (Fsp3) is 0.286. The summed E-state index contributed by atoms with van der Waals surface area (Å²) in [5.74, 6) is 0.950. The van der Waals surface area contributed by atoms with Crippen molar-refractivity contribution < 1.29 is 4.42 Å². The van der Waals surface area contributed by atoms with Crippen molar-refractivity contribution in [2.75, 3.05) is 4.90 Å². The van der Waals surface area contributed by atoms with E-state index in [9.17, 15) is 0 Å². The van der Waals surface area contributed by atoms with Gasteiger partial charge in [-0.1, -0.05) is 0 Å². The normalized spacial score (nSPS) is 14.2. The molecule has 0 aromatic carbocycles. The van der Waals surface area contributed by atoms with Crippen LogP contribution in [0, 0.1) is 11.3 Å². The van der Waals surface area contributed by atoms with E-state index in [0.29, 0.717) is 11.7 Å². The minimum Gasteiger partial charge on any atom is -0.467 e. The largest absolute Gasteiger partial charge is 0.467 e. The zero-order chi connectivity index (χ0) is 12.4. The van der Waals surface area contributed by atoms with Gasteiger partial charge in [-0.3, -0.25) is 0 Å². The van der Waals surface area contributed by atoms with Crippen LogP contribution < -0.4 is 4.90 Å². The average Bonchev–Trinajstić information content (AvgIpc) is 3.13. The minimum absolute atomic E-state index is 0.451. The molecule has 4 heteroatoms. The predicted octanol–water partition coefficient (Wildman–Crippen LogP) is 2.72. The summed E-state index contributed by atoms with van der Waals surface area (Å²) < 4.78 is 5.39. The number of nitrogens with zero attached hydrogens (tertiary/aromatic N) is 3. The molecule has 1 saturated carbocycles. The molecule has 0 amide bonds. The molecular formula is C14H13N3O. The van der Waals surface area contributed by atoms with Gasteiger partial charge in [-0.15, -0.1) is 0 Å². The van der Waals surface area contributed by atoms with Crippen molar-refractivity contribution in [3.05, 3.63) is 48.2 Å². The van der Waals surface area contributed by atoms with Crippen LogP contribution in [0.3, 0.4) is 0 Å². The van der Waals surface area contributed by atoms with Crippen molar-refractivity contribution in [3.63, 3.8) is 0 Å². The summed E-state index contributed by atoms with van der Waals surface area (Å²) in [5, 5.41) is 8.75. The van der Waals surface area contributed by atoms with E-state index in [0.717, 1.165) is 18.0 Å². The lowest BCUT2D eigenvalue weighted by Crippen LogP contribution is -2.24. The number of rotatable bonds is 4. The molecule has 0 atom stereocenters. The number of pyridine rings is 1. The Morgan fingerprint density at radius 3 is 2.83 bits per heavy atom. The third kappa shape index (κ3) is 2.21. The second-order valence-corrected chi connectivity index (χ2v) is 4.45. The monoisotopic (exact) mass is 239 g/mol. The number of anilines is 1. The summed E-state index contributed by atoms with van der Waals surface area (Å²) in [6, 6.07) is 10.2. The molecule has 2 aromatic rings. The van der Waals surface area contributed by atoms with Gasteiger partial charge in [0, 0.05) is 6.04 Å². The van der Waals surface area contributed by atoms with Crippen molar-refractivity contribution >= 4 is 5.69 Å². The lowest BCUT2D eigenvalue weighted by molar-refractivity contribution is 0.501. The van der Waals surface area contributed by atoms with E-state index >= 15 is 0 Å². The Hall–Kier alpha value is -2.28. The first-order chi connectivity index (χ1) is 8.86. The molecule has 3 rings (SSSR count). The summed E-state index contributed by atoms with van der Waals surface area (Å²) in [5.41, 5.74) is 1.50. The van der Waals surface area contributed by atoms with Crippen LogP contribution in [0.5, 0.6) is 0 Å². The van der Waals surface area contributed by atoms with Gasteiger partial charge in [0.05, 0.1) is 24.7 Å². The van der Waals surface area contributed by atoms with Gasteiger partial charge in [0.1, 0.15) is 17.5 Å². The highest BCUT2D eigenvalue weighted by Crippen LogP contribution is 2.32. The molecule has 1 fully saturated rings. The highest BCUT2D eigenvalue weighted by molar-refractivity contribution is 5.48. The molecule has 4 nitrogen and oxygen atoms in total. The molecule has 2 aromatic heterocycles. The topological polar surface area (TPSA) is 53.1 Å². The highest BCUT2D eigenvalue weighted by Gasteiger charge is 2.30. The summed E-state index contributed by atoms with van der Waals surface area (Å²) in [6.45, 7) is 0.755. The Morgan fingerprint density at radius 2 is 2.28 bits per heavy atom. The predicted molar refractivity (Wildman–Crippen MR) is 66.9 cm³/mol. The number of hydrogen-bond acceptors (Lipinski definition) is 4. The Bertz CT molecular complexity index is 550. The second-order valence-electron chi connectivity index (χ2n) is 4.45. The Kier molecular flexibility index (Phi) is 2.73. The van der Waals surface area contributed by atoms with Crippen LogP contribution in [-0.4, -0.2) is 11.0 Å². The third-order valence-corrected chi connectivity index (χ3v) is 3.09. The van der Waals surface area contributed by atoms with Gasteiger partial charge < -0.3 is 9.32 Å². The first-order valence-corrected chi connectivity index (χ1v) is 6.02. The standard InChI is InChI=1S/C14H13N3O/c15-8-11-3-4-13(9-16-11)17(12-5-6-12)10-14-2-1-7-18-14/h1-4,7,9,12H,5-6,10H2. The first-order valence-electron chi connectivity index (χ1n) is 6.02. The quantitative estimate of drug-likeness (QED) is 0.823. The maximum Gasteiger partial charge on any atom is 0.140 e. The van der Waals surface area contributed by atoms with Gasteiger partial charge >= 0.3 is 0 Å². The van der Waals surface area contributed by atoms with Crippen LogP contribution in [0.2, 0.25) is 0 Å². The van der Waals surface area contributed by atoms with E-state index < -0.39 is 0 Å². The molecule has 2 heterocycles. The molecule has 0 spiro atoms. The van der Waals surface area contributed by atoms with Crippen molar-refractivity contribution in [1.82, 2.24) is 4.98 Å². The van der Waals surface area contributed by atoms with Crippen LogP contribution in [0.4, 0.5) is 5.69 Å². The second kappa shape index (κ2) is 4.53. The van der Waals surface area contributed by atoms with Crippen molar-refractivity contribution in [3.8, 4) is 6.07 Å². The SMILES string of the molecule is N#Cc1ccc(N(Cc2ccco2)C2CC2)cn1. The van der Waals surface area contributed by atoms with Crippen molar-refractivity contribution in [2.24, 2.45) is 0 Å². The van der Waals surface area contributed by atoms with Crippen LogP contribution in [-0.2, 0) is 6.54 Å². The van der Waals surface area contributed by atoms with Crippen molar-refractivity contribution in [1.29, 1.82) is 5.26 Å². The zero-order valence-electron chi connectivity index (χ0n) is 9.91. The third-order valence-electron chi connectivity index (χ3n) is 3.09. The van der Waals surface area contributed by atoms with Gasteiger partial charge in [0.15, 0.2) is 0 Å². The molecule has 0 bridgehead atoms. The minimum atomic E-state index is 0.451. The van der Waals surface area contributed by atoms with Gasteiger partial charge in [-0.2, -0.15) is 5.26 Å². The molecule has 18 heavy (non-hydrogen) atoms. The maximum absolute atomic E-state index is 8.75. The van der Waals surface area contributed by atoms with E-state index in [1.54, 1.807) is 18.5 Å². The molecule has 1 aliphatic carbocycles. The Labute approximate surface area is 105 Å². The van der Waals surface area contributed by atoms with E-state index in [-0.39, 0.29) is 0 Å². The number of aromatic nitrogens is 1. The summed E-state index contributed by atoms with van der Waals surface area (Å²) in [6.07, 6.45) is 5.87. The number of nitriles is 1. The van der Waals surface area contributed by atoms with Gasteiger partial charge in [-0.05, 0) is 37.1 Å². The Balaban J connectivity index is 1.82. The number of furan rings is 1. The summed E-state index contributed by atoms with van der Waals surface area (Å²) in [7, 11) is 0. The van der Waals surface area contributed by atoms with Gasteiger partial charge in [0.2, 0.25) is 0 Å². The molecule has 0 aliphatic heterocycles. The molecule has 1 aliphatic rings.